The van der Waals surface area contributed by atoms with Crippen molar-refractivity contribution >= 4 is 11.8 Å². The molecule has 0 radical (unpaired) electrons. The van der Waals surface area contributed by atoms with Gasteiger partial charge in [-0.2, -0.15) is 0 Å². The Morgan fingerprint density at radius 1 is 1.39 bits per heavy atom. The number of rotatable bonds is 5. The van der Waals surface area contributed by atoms with Crippen LogP contribution in [0.25, 0.3) is 0 Å². The Hall–Kier alpha value is -2.04. The smallest absolute Gasteiger partial charge is 0.253 e. The molecule has 23 heavy (non-hydrogen) atoms. The van der Waals surface area contributed by atoms with Crippen molar-refractivity contribution in [3.63, 3.8) is 0 Å². The molecule has 0 bridgehead atoms. The third-order valence-electron chi connectivity index (χ3n) is 4.21. The summed E-state index contributed by atoms with van der Waals surface area (Å²) >= 11 is 0. The Morgan fingerprint density at radius 2 is 2.17 bits per heavy atom. The van der Waals surface area contributed by atoms with Crippen LogP contribution in [0.3, 0.4) is 0 Å². The van der Waals surface area contributed by atoms with Crippen molar-refractivity contribution in [2.45, 2.75) is 26.7 Å². The molecule has 5 heteroatoms. The number of hydrogen-bond donors (Lipinski definition) is 1. The van der Waals surface area contributed by atoms with E-state index in [1.807, 2.05) is 36.9 Å². The van der Waals surface area contributed by atoms with E-state index < -0.39 is 0 Å². The van der Waals surface area contributed by atoms with Gasteiger partial charge in [-0.25, -0.2) is 0 Å². The zero-order valence-electron chi connectivity index (χ0n) is 14.2. The minimum atomic E-state index is -0.00638. The SMILES string of the molecule is COc1cccc(C(=O)N2CCC[C@@H](CNC(=O)C(C)C)C2)c1. The number of amides is 2. The average Bonchev–Trinajstić information content (AvgIpc) is 2.59. The number of methoxy groups -OCH3 is 1. The van der Waals surface area contributed by atoms with E-state index in [1.54, 1.807) is 13.2 Å². The fraction of sp³-hybridized carbons (Fsp3) is 0.556. The molecule has 1 saturated heterocycles. The highest BCUT2D eigenvalue weighted by molar-refractivity contribution is 5.94. The summed E-state index contributed by atoms with van der Waals surface area (Å²) < 4.78 is 5.18. The maximum absolute atomic E-state index is 12.6. The van der Waals surface area contributed by atoms with Crippen LogP contribution in [-0.4, -0.2) is 43.5 Å². The van der Waals surface area contributed by atoms with E-state index in [4.69, 9.17) is 4.74 Å². The van der Waals surface area contributed by atoms with E-state index in [-0.39, 0.29) is 17.7 Å². The van der Waals surface area contributed by atoms with Gasteiger partial charge < -0.3 is 15.0 Å². The lowest BCUT2D eigenvalue weighted by Gasteiger charge is -2.33. The largest absolute Gasteiger partial charge is 0.497 e. The molecule has 1 aromatic rings. The highest BCUT2D eigenvalue weighted by Crippen LogP contribution is 2.20. The number of ether oxygens (including phenoxy) is 1. The van der Waals surface area contributed by atoms with E-state index in [0.717, 1.165) is 19.4 Å². The summed E-state index contributed by atoms with van der Waals surface area (Å²) in [7, 11) is 1.60. The molecule has 1 atom stereocenters. The maximum atomic E-state index is 12.6. The van der Waals surface area contributed by atoms with Crippen LogP contribution in [0.1, 0.15) is 37.0 Å². The molecule has 2 amide bonds. The van der Waals surface area contributed by atoms with Gasteiger partial charge in [0.1, 0.15) is 5.75 Å². The van der Waals surface area contributed by atoms with Gasteiger partial charge in [-0.15, -0.1) is 0 Å². The molecule has 0 aliphatic carbocycles. The Morgan fingerprint density at radius 3 is 2.87 bits per heavy atom. The molecule has 2 rings (SSSR count). The first kappa shape index (κ1) is 17.3. The van der Waals surface area contributed by atoms with Crippen molar-refractivity contribution < 1.29 is 14.3 Å². The summed E-state index contributed by atoms with van der Waals surface area (Å²) in [6, 6.07) is 7.25. The summed E-state index contributed by atoms with van der Waals surface area (Å²) in [5.41, 5.74) is 0.649. The molecule has 1 aliphatic heterocycles. The lowest BCUT2D eigenvalue weighted by Crippen LogP contribution is -2.44. The summed E-state index contributed by atoms with van der Waals surface area (Å²) in [6.07, 6.45) is 2.01. The van der Waals surface area contributed by atoms with Gasteiger partial charge in [-0.1, -0.05) is 19.9 Å². The Balaban J connectivity index is 1.94. The fourth-order valence-corrected chi connectivity index (χ4v) is 2.80. The van der Waals surface area contributed by atoms with Crippen LogP contribution in [0.5, 0.6) is 5.75 Å². The number of benzene rings is 1. The third-order valence-corrected chi connectivity index (χ3v) is 4.21. The normalized spacial score (nSPS) is 17.9. The second-order valence-corrected chi connectivity index (χ2v) is 6.39. The standard InChI is InChI=1S/C18H26N2O3/c1-13(2)17(21)19-11-14-6-5-9-20(12-14)18(22)15-7-4-8-16(10-15)23-3/h4,7-8,10,13-14H,5-6,9,11-12H2,1-3H3,(H,19,21)/t14-/m0/s1. The number of carbonyl (C=O) groups excluding carboxylic acids is 2. The second kappa shape index (κ2) is 7.99. The second-order valence-electron chi connectivity index (χ2n) is 6.39. The molecule has 1 fully saturated rings. The van der Waals surface area contributed by atoms with Gasteiger partial charge in [0, 0.05) is 31.1 Å². The molecular weight excluding hydrogens is 292 g/mol. The number of piperidine rings is 1. The third kappa shape index (κ3) is 4.71. The lowest BCUT2D eigenvalue weighted by molar-refractivity contribution is -0.124. The van der Waals surface area contributed by atoms with Crippen molar-refractivity contribution in [2.24, 2.45) is 11.8 Å². The first-order valence-electron chi connectivity index (χ1n) is 8.22. The van der Waals surface area contributed by atoms with Crippen LogP contribution in [0.2, 0.25) is 0 Å². The van der Waals surface area contributed by atoms with Gasteiger partial charge >= 0.3 is 0 Å². The Kier molecular flexibility index (Phi) is 6.02. The monoisotopic (exact) mass is 318 g/mol. The van der Waals surface area contributed by atoms with Crippen LogP contribution in [0, 0.1) is 11.8 Å². The summed E-state index contributed by atoms with van der Waals surface area (Å²) in [4.78, 5) is 26.2. The molecule has 5 nitrogen and oxygen atoms in total. The van der Waals surface area contributed by atoms with Gasteiger partial charge in [0.15, 0.2) is 0 Å². The van der Waals surface area contributed by atoms with E-state index >= 15 is 0 Å². The molecule has 0 unspecified atom stereocenters. The zero-order valence-corrected chi connectivity index (χ0v) is 14.2. The highest BCUT2D eigenvalue weighted by Gasteiger charge is 2.25. The summed E-state index contributed by atoms with van der Waals surface area (Å²) in [5.74, 6) is 1.10. The predicted octanol–water partition coefficient (Wildman–Crippen LogP) is 2.32. The van der Waals surface area contributed by atoms with Gasteiger partial charge in [0.25, 0.3) is 5.91 Å². The van der Waals surface area contributed by atoms with Gasteiger partial charge in [0.05, 0.1) is 7.11 Å². The van der Waals surface area contributed by atoms with Crippen molar-refractivity contribution in [1.82, 2.24) is 10.2 Å². The molecule has 126 valence electrons. The van der Waals surface area contributed by atoms with Crippen LogP contribution >= 0.6 is 0 Å². The van der Waals surface area contributed by atoms with Crippen molar-refractivity contribution in [2.75, 3.05) is 26.7 Å². The molecular formula is C18H26N2O3. The first-order chi connectivity index (χ1) is 11.0. The minimum absolute atomic E-state index is 0.00638. The lowest BCUT2D eigenvalue weighted by atomic mass is 9.97. The molecule has 1 aliphatic rings. The van der Waals surface area contributed by atoms with E-state index in [9.17, 15) is 9.59 Å². The Labute approximate surface area is 138 Å². The first-order valence-corrected chi connectivity index (χ1v) is 8.22. The van der Waals surface area contributed by atoms with Crippen molar-refractivity contribution in [3.8, 4) is 5.75 Å². The quantitative estimate of drug-likeness (QED) is 0.906. The van der Waals surface area contributed by atoms with Crippen LogP contribution in [-0.2, 0) is 4.79 Å². The van der Waals surface area contributed by atoms with Crippen molar-refractivity contribution in [3.05, 3.63) is 29.8 Å². The topological polar surface area (TPSA) is 58.6 Å². The van der Waals surface area contributed by atoms with Crippen LogP contribution < -0.4 is 10.1 Å². The average molecular weight is 318 g/mol. The van der Waals surface area contributed by atoms with E-state index in [1.165, 1.54) is 0 Å². The number of hydrogen-bond acceptors (Lipinski definition) is 3. The molecule has 0 spiro atoms. The van der Waals surface area contributed by atoms with Gasteiger partial charge in [-0.05, 0) is 37.0 Å². The Bertz CT molecular complexity index is 557. The van der Waals surface area contributed by atoms with E-state index in [0.29, 0.717) is 30.3 Å². The molecule has 1 aromatic carbocycles. The summed E-state index contributed by atoms with van der Waals surface area (Å²) in [5, 5.41) is 2.97. The van der Waals surface area contributed by atoms with Crippen LogP contribution in [0.15, 0.2) is 24.3 Å². The predicted molar refractivity (Wildman–Crippen MR) is 89.5 cm³/mol. The number of nitrogens with one attached hydrogen (secondary N) is 1. The van der Waals surface area contributed by atoms with E-state index in [2.05, 4.69) is 5.32 Å². The highest BCUT2D eigenvalue weighted by atomic mass is 16.5. The summed E-state index contributed by atoms with van der Waals surface area (Å²) in [6.45, 7) is 5.86. The molecule has 0 aromatic heterocycles. The maximum Gasteiger partial charge on any atom is 0.253 e. The number of likely N-dealkylation sites (tertiary alicyclic amines) is 1. The van der Waals surface area contributed by atoms with Gasteiger partial charge in [0.2, 0.25) is 5.91 Å². The molecule has 1 N–H and O–H groups in total. The zero-order chi connectivity index (χ0) is 16.8. The fourth-order valence-electron chi connectivity index (χ4n) is 2.80. The molecule has 0 saturated carbocycles. The van der Waals surface area contributed by atoms with Gasteiger partial charge in [-0.3, -0.25) is 9.59 Å². The minimum Gasteiger partial charge on any atom is -0.497 e. The number of nitrogens with zero attached hydrogens (tertiary/aromatic N) is 1. The van der Waals surface area contributed by atoms with Crippen molar-refractivity contribution in [1.29, 1.82) is 0 Å². The van der Waals surface area contributed by atoms with Crippen LogP contribution in [0.4, 0.5) is 0 Å². The number of carbonyl (C=O) groups is 2. The molecule has 1 heterocycles.